The molecule has 2 aromatic rings. The Morgan fingerprint density at radius 1 is 1.12 bits per heavy atom. The SMILES string of the molecule is Cc1ccc(Oc2cc(Cl)ccc2CN)cc1. The molecule has 0 amide bonds. The van der Waals surface area contributed by atoms with Gasteiger partial charge in [0.25, 0.3) is 0 Å². The molecule has 0 saturated heterocycles. The monoisotopic (exact) mass is 247 g/mol. The first kappa shape index (κ1) is 12.0. The van der Waals surface area contributed by atoms with Crippen molar-refractivity contribution in [1.29, 1.82) is 0 Å². The molecule has 0 aliphatic carbocycles. The molecule has 0 heterocycles. The summed E-state index contributed by atoms with van der Waals surface area (Å²) < 4.78 is 5.77. The highest BCUT2D eigenvalue weighted by Gasteiger charge is 2.04. The van der Waals surface area contributed by atoms with Crippen molar-refractivity contribution in [3.63, 3.8) is 0 Å². The topological polar surface area (TPSA) is 35.2 Å². The van der Waals surface area contributed by atoms with Gasteiger partial charge in [0.15, 0.2) is 0 Å². The van der Waals surface area contributed by atoms with Crippen molar-refractivity contribution in [2.24, 2.45) is 5.73 Å². The summed E-state index contributed by atoms with van der Waals surface area (Å²) in [6, 6.07) is 13.3. The van der Waals surface area contributed by atoms with Crippen molar-refractivity contribution >= 4 is 11.6 Å². The third-order valence-electron chi connectivity index (χ3n) is 2.50. The molecule has 2 aromatic carbocycles. The number of ether oxygens (including phenoxy) is 1. The molecular formula is C14H14ClNO. The number of rotatable bonds is 3. The van der Waals surface area contributed by atoms with Gasteiger partial charge in [-0.15, -0.1) is 0 Å². The zero-order valence-electron chi connectivity index (χ0n) is 9.61. The molecular weight excluding hydrogens is 234 g/mol. The van der Waals surface area contributed by atoms with E-state index in [1.165, 1.54) is 5.56 Å². The molecule has 0 bridgehead atoms. The lowest BCUT2D eigenvalue weighted by molar-refractivity contribution is 0.476. The van der Waals surface area contributed by atoms with Gasteiger partial charge in [0, 0.05) is 17.1 Å². The maximum absolute atomic E-state index is 5.94. The minimum absolute atomic E-state index is 0.429. The lowest BCUT2D eigenvalue weighted by Gasteiger charge is -2.10. The first-order chi connectivity index (χ1) is 8.19. The molecule has 2 nitrogen and oxygen atoms in total. The lowest BCUT2D eigenvalue weighted by Crippen LogP contribution is -1.99. The van der Waals surface area contributed by atoms with E-state index < -0.39 is 0 Å². The summed E-state index contributed by atoms with van der Waals surface area (Å²) >= 11 is 5.94. The fourth-order valence-electron chi connectivity index (χ4n) is 1.53. The zero-order valence-corrected chi connectivity index (χ0v) is 10.4. The third-order valence-corrected chi connectivity index (χ3v) is 2.73. The van der Waals surface area contributed by atoms with E-state index in [0.29, 0.717) is 17.3 Å². The molecule has 0 fully saturated rings. The largest absolute Gasteiger partial charge is 0.457 e. The van der Waals surface area contributed by atoms with E-state index in [1.807, 2.05) is 43.3 Å². The first-order valence-corrected chi connectivity index (χ1v) is 5.80. The van der Waals surface area contributed by atoms with Crippen LogP contribution in [0.25, 0.3) is 0 Å². The van der Waals surface area contributed by atoms with Gasteiger partial charge >= 0.3 is 0 Å². The number of hydrogen-bond acceptors (Lipinski definition) is 2. The predicted molar refractivity (Wildman–Crippen MR) is 70.6 cm³/mol. The fraction of sp³-hybridized carbons (Fsp3) is 0.143. The molecule has 0 radical (unpaired) electrons. The van der Waals surface area contributed by atoms with E-state index >= 15 is 0 Å². The second-order valence-electron chi connectivity index (χ2n) is 3.87. The van der Waals surface area contributed by atoms with Crippen molar-refractivity contribution in [3.8, 4) is 11.5 Å². The highest BCUT2D eigenvalue weighted by atomic mass is 35.5. The smallest absolute Gasteiger partial charge is 0.133 e. The Kier molecular flexibility index (Phi) is 3.67. The molecule has 0 aliphatic heterocycles. The fourth-order valence-corrected chi connectivity index (χ4v) is 1.69. The maximum Gasteiger partial charge on any atom is 0.133 e. The molecule has 0 atom stereocenters. The van der Waals surface area contributed by atoms with Gasteiger partial charge in [0.05, 0.1) is 0 Å². The van der Waals surface area contributed by atoms with E-state index in [1.54, 1.807) is 6.07 Å². The molecule has 0 aliphatic rings. The van der Waals surface area contributed by atoms with Gasteiger partial charge in [-0.1, -0.05) is 35.4 Å². The average molecular weight is 248 g/mol. The lowest BCUT2D eigenvalue weighted by atomic mass is 10.2. The maximum atomic E-state index is 5.94. The Morgan fingerprint density at radius 3 is 2.47 bits per heavy atom. The Hall–Kier alpha value is -1.51. The molecule has 0 unspecified atom stereocenters. The molecule has 0 spiro atoms. The van der Waals surface area contributed by atoms with Crippen LogP contribution in [-0.4, -0.2) is 0 Å². The van der Waals surface area contributed by atoms with Crippen molar-refractivity contribution in [2.45, 2.75) is 13.5 Å². The summed E-state index contributed by atoms with van der Waals surface area (Å²) in [6.45, 7) is 2.47. The standard InChI is InChI=1S/C14H14ClNO/c1-10-2-6-13(7-3-10)17-14-8-12(15)5-4-11(14)9-16/h2-8H,9,16H2,1H3. The highest BCUT2D eigenvalue weighted by Crippen LogP contribution is 2.28. The van der Waals surface area contributed by atoms with E-state index in [9.17, 15) is 0 Å². The van der Waals surface area contributed by atoms with Gasteiger partial charge in [-0.3, -0.25) is 0 Å². The van der Waals surface area contributed by atoms with Crippen LogP contribution in [0.1, 0.15) is 11.1 Å². The minimum Gasteiger partial charge on any atom is -0.457 e. The van der Waals surface area contributed by atoms with Gasteiger partial charge < -0.3 is 10.5 Å². The van der Waals surface area contributed by atoms with Gasteiger partial charge in [0.2, 0.25) is 0 Å². The highest BCUT2D eigenvalue weighted by molar-refractivity contribution is 6.30. The van der Waals surface area contributed by atoms with E-state index in [2.05, 4.69) is 0 Å². The van der Waals surface area contributed by atoms with Gasteiger partial charge in [-0.2, -0.15) is 0 Å². The third kappa shape index (κ3) is 2.99. The predicted octanol–water partition coefficient (Wildman–Crippen LogP) is 3.90. The number of aryl methyl sites for hydroxylation is 1. The molecule has 0 saturated carbocycles. The van der Waals surface area contributed by atoms with Crippen LogP contribution in [-0.2, 0) is 6.54 Å². The zero-order chi connectivity index (χ0) is 12.3. The second kappa shape index (κ2) is 5.21. The van der Waals surface area contributed by atoms with Crippen LogP contribution < -0.4 is 10.5 Å². The van der Waals surface area contributed by atoms with Gasteiger partial charge in [0.1, 0.15) is 11.5 Å². The van der Waals surface area contributed by atoms with Crippen LogP contribution in [0.5, 0.6) is 11.5 Å². The number of benzene rings is 2. The Labute approximate surface area is 106 Å². The summed E-state index contributed by atoms with van der Waals surface area (Å²) in [5.41, 5.74) is 7.79. The second-order valence-corrected chi connectivity index (χ2v) is 4.31. The Bertz CT molecular complexity index is 508. The van der Waals surface area contributed by atoms with Crippen LogP contribution in [0.3, 0.4) is 0 Å². The molecule has 17 heavy (non-hydrogen) atoms. The van der Waals surface area contributed by atoms with Crippen LogP contribution in [0, 0.1) is 6.92 Å². The summed E-state index contributed by atoms with van der Waals surface area (Å²) in [5, 5.41) is 0.643. The summed E-state index contributed by atoms with van der Waals surface area (Å²) in [4.78, 5) is 0. The molecule has 3 heteroatoms. The normalized spacial score (nSPS) is 10.3. The Balaban J connectivity index is 2.28. The van der Waals surface area contributed by atoms with Crippen LogP contribution in [0.4, 0.5) is 0 Å². The number of nitrogens with two attached hydrogens (primary N) is 1. The molecule has 2 N–H and O–H groups in total. The van der Waals surface area contributed by atoms with Crippen molar-refractivity contribution in [1.82, 2.24) is 0 Å². The van der Waals surface area contributed by atoms with Gasteiger partial charge in [-0.05, 0) is 31.2 Å². The van der Waals surface area contributed by atoms with E-state index in [0.717, 1.165) is 11.3 Å². The summed E-state index contributed by atoms with van der Waals surface area (Å²) in [6.07, 6.45) is 0. The molecule has 0 aromatic heterocycles. The first-order valence-electron chi connectivity index (χ1n) is 5.42. The summed E-state index contributed by atoms with van der Waals surface area (Å²) in [7, 11) is 0. The number of halogens is 1. The van der Waals surface area contributed by atoms with E-state index in [4.69, 9.17) is 22.1 Å². The summed E-state index contributed by atoms with van der Waals surface area (Å²) in [5.74, 6) is 1.50. The Morgan fingerprint density at radius 2 is 1.82 bits per heavy atom. The van der Waals surface area contributed by atoms with Crippen LogP contribution in [0.2, 0.25) is 5.02 Å². The minimum atomic E-state index is 0.429. The quantitative estimate of drug-likeness (QED) is 0.893. The van der Waals surface area contributed by atoms with Gasteiger partial charge in [-0.25, -0.2) is 0 Å². The molecule has 2 rings (SSSR count). The van der Waals surface area contributed by atoms with E-state index in [-0.39, 0.29) is 0 Å². The average Bonchev–Trinajstić information content (AvgIpc) is 2.32. The van der Waals surface area contributed by atoms with Crippen LogP contribution in [0.15, 0.2) is 42.5 Å². The van der Waals surface area contributed by atoms with Crippen molar-refractivity contribution in [3.05, 3.63) is 58.6 Å². The molecule has 88 valence electrons. The van der Waals surface area contributed by atoms with Crippen molar-refractivity contribution < 1.29 is 4.74 Å². The number of hydrogen-bond donors (Lipinski definition) is 1. The van der Waals surface area contributed by atoms with Crippen LogP contribution >= 0.6 is 11.6 Å². The van der Waals surface area contributed by atoms with Crippen molar-refractivity contribution in [2.75, 3.05) is 0 Å².